The minimum Gasteiger partial charge on any atom is -0.389 e. The summed E-state index contributed by atoms with van der Waals surface area (Å²) in [4.78, 5) is 8.63. The van der Waals surface area contributed by atoms with Gasteiger partial charge in [-0.15, -0.1) is 0 Å². The number of hydrogen-bond donors (Lipinski definition) is 2. The molecule has 2 rings (SSSR count). The van der Waals surface area contributed by atoms with Gasteiger partial charge >= 0.3 is 0 Å². The van der Waals surface area contributed by atoms with E-state index in [1.807, 2.05) is 13.8 Å². The summed E-state index contributed by atoms with van der Waals surface area (Å²) in [6, 6.07) is 0. The maximum absolute atomic E-state index is 9.76. The average molecular weight is 257 g/mol. The van der Waals surface area contributed by atoms with Crippen LogP contribution in [0.15, 0.2) is 0 Å². The molecule has 0 saturated carbocycles. The number of β-amino-alcohol motifs (C(OH)–C–C–N with tert-alkyl or cyclic N) is 1. The molecule has 0 radical (unpaired) electrons. The first-order valence-corrected chi connectivity index (χ1v) is 6.50. The molecule has 0 atom stereocenters. The van der Waals surface area contributed by atoms with Crippen molar-refractivity contribution in [2.45, 2.75) is 19.4 Å². The molecule has 1 fully saturated rings. The van der Waals surface area contributed by atoms with Crippen molar-refractivity contribution in [1.82, 2.24) is 14.3 Å². The van der Waals surface area contributed by atoms with Crippen LogP contribution >= 0.6 is 11.5 Å². The second-order valence-corrected chi connectivity index (χ2v) is 5.74. The molecule has 0 bridgehead atoms. The fourth-order valence-corrected chi connectivity index (χ4v) is 2.65. The van der Waals surface area contributed by atoms with E-state index in [2.05, 4.69) is 19.2 Å². The van der Waals surface area contributed by atoms with Crippen LogP contribution < -0.4 is 10.6 Å². The third-order valence-corrected chi connectivity index (χ3v) is 3.48. The van der Waals surface area contributed by atoms with Gasteiger partial charge in [0.1, 0.15) is 0 Å². The van der Waals surface area contributed by atoms with Gasteiger partial charge in [-0.05, 0) is 13.8 Å². The maximum Gasteiger partial charge on any atom is 0.233 e. The van der Waals surface area contributed by atoms with Gasteiger partial charge in [-0.1, -0.05) is 0 Å². The number of aliphatic hydroxyl groups is 1. The average Bonchev–Trinajstić information content (AvgIpc) is 2.63. The second kappa shape index (κ2) is 4.75. The summed E-state index contributed by atoms with van der Waals surface area (Å²) in [6.07, 6.45) is 0. The molecule has 1 aliphatic rings. The predicted octanol–water partition coefficient (Wildman–Crippen LogP) is 0.0132. The number of nitrogen functional groups attached to an aromatic ring is 1. The molecule has 7 heteroatoms. The van der Waals surface area contributed by atoms with Crippen molar-refractivity contribution in [3.8, 4) is 0 Å². The highest BCUT2D eigenvalue weighted by Crippen LogP contribution is 2.20. The highest BCUT2D eigenvalue weighted by Gasteiger charge is 2.23. The topological polar surface area (TPSA) is 78.5 Å². The number of piperazine rings is 1. The monoisotopic (exact) mass is 257 g/mol. The Balaban J connectivity index is 1.86. The number of aromatic nitrogens is 2. The van der Waals surface area contributed by atoms with Crippen LogP contribution in [0.4, 0.5) is 11.1 Å². The number of nitrogens with two attached hydrogens (primary N) is 1. The fraction of sp³-hybridized carbons (Fsp3) is 0.800. The predicted molar refractivity (Wildman–Crippen MR) is 69.3 cm³/mol. The molecule has 3 N–H and O–H groups in total. The number of nitrogens with zero attached hydrogens (tertiary/aromatic N) is 4. The summed E-state index contributed by atoms with van der Waals surface area (Å²) < 4.78 is 3.98. The zero-order chi connectivity index (χ0) is 12.5. The molecular weight excluding hydrogens is 238 g/mol. The van der Waals surface area contributed by atoms with Gasteiger partial charge in [-0.3, -0.25) is 4.90 Å². The van der Waals surface area contributed by atoms with Gasteiger partial charge in [0.25, 0.3) is 0 Å². The normalized spacial score (nSPS) is 18.6. The van der Waals surface area contributed by atoms with Gasteiger partial charge in [-0.2, -0.15) is 9.36 Å². The number of hydrogen-bond acceptors (Lipinski definition) is 7. The minimum absolute atomic E-state index is 0.351. The molecule has 0 unspecified atom stereocenters. The molecule has 1 saturated heterocycles. The summed E-state index contributed by atoms with van der Waals surface area (Å²) in [5, 5.41) is 10.7. The Morgan fingerprint density at radius 2 is 2.00 bits per heavy atom. The van der Waals surface area contributed by atoms with E-state index in [0.29, 0.717) is 12.5 Å². The van der Waals surface area contributed by atoms with Crippen LogP contribution in [0.5, 0.6) is 0 Å². The van der Waals surface area contributed by atoms with Crippen molar-refractivity contribution in [2.75, 3.05) is 43.4 Å². The van der Waals surface area contributed by atoms with Gasteiger partial charge in [0.2, 0.25) is 11.1 Å². The molecule has 0 aliphatic carbocycles. The lowest BCUT2D eigenvalue weighted by molar-refractivity contribution is 0.0345. The summed E-state index contributed by atoms with van der Waals surface area (Å²) in [7, 11) is 0. The van der Waals surface area contributed by atoms with E-state index in [1.165, 1.54) is 11.5 Å². The number of anilines is 2. The molecule has 2 heterocycles. The van der Waals surface area contributed by atoms with Crippen LogP contribution in [0.25, 0.3) is 0 Å². The first-order chi connectivity index (χ1) is 7.94. The van der Waals surface area contributed by atoms with E-state index < -0.39 is 5.60 Å². The summed E-state index contributed by atoms with van der Waals surface area (Å²) in [5.74, 6) is 0.351. The Labute approximate surface area is 105 Å². The molecular formula is C10H19N5OS. The van der Waals surface area contributed by atoms with Crippen molar-refractivity contribution in [2.24, 2.45) is 0 Å². The fourth-order valence-electron chi connectivity index (χ4n) is 2.00. The van der Waals surface area contributed by atoms with Gasteiger partial charge in [0, 0.05) is 44.3 Å². The van der Waals surface area contributed by atoms with E-state index in [9.17, 15) is 5.11 Å². The highest BCUT2D eigenvalue weighted by molar-refractivity contribution is 7.09. The Morgan fingerprint density at radius 1 is 1.35 bits per heavy atom. The first kappa shape index (κ1) is 12.5. The zero-order valence-corrected chi connectivity index (χ0v) is 11.1. The number of rotatable bonds is 3. The third kappa shape index (κ3) is 3.52. The third-order valence-electron chi connectivity index (χ3n) is 2.68. The lowest BCUT2D eigenvalue weighted by atomic mass is 10.1. The zero-order valence-electron chi connectivity index (χ0n) is 10.3. The standard InChI is InChI=1S/C10H19N5OS/c1-10(2,16)7-14-3-5-15(6-4-14)9-12-8(11)13-17-9/h16H,3-7H2,1-2H3,(H2,11,13). The second-order valence-electron chi connectivity index (χ2n) is 5.01. The van der Waals surface area contributed by atoms with Gasteiger partial charge in [0.05, 0.1) is 5.60 Å². The SMILES string of the molecule is CC(C)(O)CN1CCN(c2nc(N)ns2)CC1. The van der Waals surface area contributed by atoms with Crippen molar-refractivity contribution >= 4 is 22.6 Å². The Kier molecular flexibility index (Phi) is 3.50. The highest BCUT2D eigenvalue weighted by atomic mass is 32.1. The van der Waals surface area contributed by atoms with E-state index in [1.54, 1.807) is 0 Å². The Bertz CT molecular complexity index is 367. The van der Waals surface area contributed by atoms with E-state index >= 15 is 0 Å². The van der Waals surface area contributed by atoms with Crippen LogP contribution in [0.1, 0.15) is 13.8 Å². The van der Waals surface area contributed by atoms with Gasteiger partial charge in [-0.25, -0.2) is 0 Å². The molecule has 0 amide bonds. The van der Waals surface area contributed by atoms with Crippen LogP contribution in [0, 0.1) is 0 Å². The van der Waals surface area contributed by atoms with Gasteiger partial charge in [0.15, 0.2) is 0 Å². The van der Waals surface area contributed by atoms with Gasteiger partial charge < -0.3 is 15.7 Å². The molecule has 1 aliphatic heterocycles. The van der Waals surface area contributed by atoms with Crippen molar-refractivity contribution in [3.05, 3.63) is 0 Å². The smallest absolute Gasteiger partial charge is 0.233 e. The molecule has 0 spiro atoms. The Morgan fingerprint density at radius 3 is 2.47 bits per heavy atom. The molecule has 6 nitrogen and oxygen atoms in total. The van der Waals surface area contributed by atoms with E-state index in [4.69, 9.17) is 5.73 Å². The van der Waals surface area contributed by atoms with E-state index in [-0.39, 0.29) is 0 Å². The van der Waals surface area contributed by atoms with Crippen molar-refractivity contribution in [1.29, 1.82) is 0 Å². The molecule has 96 valence electrons. The van der Waals surface area contributed by atoms with E-state index in [0.717, 1.165) is 31.3 Å². The summed E-state index contributed by atoms with van der Waals surface area (Å²) in [5.41, 5.74) is 4.88. The molecule has 1 aromatic heterocycles. The van der Waals surface area contributed by atoms with Crippen LogP contribution in [0.3, 0.4) is 0 Å². The lowest BCUT2D eigenvalue weighted by Gasteiger charge is -2.36. The Hall–Kier alpha value is -0.920. The summed E-state index contributed by atoms with van der Waals surface area (Å²) in [6.45, 7) is 8.07. The van der Waals surface area contributed by atoms with Crippen LogP contribution in [0.2, 0.25) is 0 Å². The van der Waals surface area contributed by atoms with Crippen LogP contribution in [-0.2, 0) is 0 Å². The van der Waals surface area contributed by atoms with Crippen LogP contribution in [-0.4, -0.2) is 57.7 Å². The van der Waals surface area contributed by atoms with Crippen molar-refractivity contribution in [3.63, 3.8) is 0 Å². The largest absolute Gasteiger partial charge is 0.389 e. The minimum atomic E-state index is -0.630. The maximum atomic E-state index is 9.76. The molecule has 17 heavy (non-hydrogen) atoms. The van der Waals surface area contributed by atoms with Crippen molar-refractivity contribution < 1.29 is 5.11 Å². The first-order valence-electron chi connectivity index (χ1n) is 5.73. The quantitative estimate of drug-likeness (QED) is 0.794. The molecule has 0 aromatic carbocycles. The summed E-state index contributed by atoms with van der Waals surface area (Å²) >= 11 is 1.34. The lowest BCUT2D eigenvalue weighted by Crippen LogP contribution is -2.50. The molecule has 1 aromatic rings.